The fourth-order valence-electron chi connectivity index (χ4n) is 4.52. The Kier molecular flexibility index (Phi) is 5.61. The Labute approximate surface area is 191 Å². The second-order valence-electron chi connectivity index (χ2n) is 8.09. The van der Waals surface area contributed by atoms with Gasteiger partial charge in [-0.05, 0) is 44.0 Å². The van der Waals surface area contributed by atoms with Crippen molar-refractivity contribution in [2.75, 3.05) is 11.9 Å². The van der Waals surface area contributed by atoms with Crippen molar-refractivity contribution in [1.82, 2.24) is 24.4 Å². The summed E-state index contributed by atoms with van der Waals surface area (Å²) in [4.78, 5) is 29.3. The Morgan fingerprint density at radius 1 is 1.25 bits per heavy atom. The molecule has 1 N–H and O–H groups in total. The number of anilines is 2. The molecular formula is C24H26N6OS. The fraction of sp³-hybridized carbons (Fsp3) is 0.333. The number of likely N-dealkylation sites (tertiary alicyclic amines) is 1. The molecule has 3 aromatic heterocycles. The number of nitrogens with zero attached hydrogens (tertiary/aromatic N) is 5. The van der Waals surface area contributed by atoms with E-state index in [0.29, 0.717) is 6.54 Å². The highest BCUT2D eigenvalue weighted by Crippen LogP contribution is 2.33. The summed E-state index contributed by atoms with van der Waals surface area (Å²) in [5.74, 6) is 1.06. The summed E-state index contributed by atoms with van der Waals surface area (Å²) >= 11 is 1.56. The molecule has 1 saturated heterocycles. The van der Waals surface area contributed by atoms with Gasteiger partial charge in [-0.15, -0.1) is 11.3 Å². The van der Waals surface area contributed by atoms with E-state index < -0.39 is 0 Å². The molecule has 1 aliphatic heterocycles. The molecule has 8 heteroatoms. The molecule has 32 heavy (non-hydrogen) atoms. The number of thiazole rings is 1. The first-order valence-corrected chi connectivity index (χ1v) is 11.9. The van der Waals surface area contributed by atoms with Crippen molar-refractivity contribution >= 4 is 39.1 Å². The van der Waals surface area contributed by atoms with Gasteiger partial charge in [0.15, 0.2) is 5.13 Å². The lowest BCUT2D eigenvalue weighted by atomic mass is 10.1. The van der Waals surface area contributed by atoms with E-state index in [1.54, 1.807) is 17.5 Å². The Morgan fingerprint density at radius 2 is 2.12 bits per heavy atom. The number of hydrogen-bond donors (Lipinski definition) is 1. The number of para-hydroxylation sites is 2. The molecule has 1 fully saturated rings. The van der Waals surface area contributed by atoms with Crippen LogP contribution in [0.4, 0.5) is 10.8 Å². The summed E-state index contributed by atoms with van der Waals surface area (Å²) in [6.45, 7) is 5.12. The Bertz CT molecular complexity index is 1250. The van der Waals surface area contributed by atoms with Gasteiger partial charge >= 0.3 is 0 Å². The number of rotatable bonds is 6. The van der Waals surface area contributed by atoms with E-state index in [1.807, 2.05) is 47.5 Å². The van der Waals surface area contributed by atoms with Gasteiger partial charge in [-0.2, -0.15) is 0 Å². The summed E-state index contributed by atoms with van der Waals surface area (Å²) in [6.07, 6.45) is 4.47. The van der Waals surface area contributed by atoms with Crippen molar-refractivity contribution in [2.24, 2.45) is 0 Å². The Balaban J connectivity index is 1.41. The van der Waals surface area contributed by atoms with Crippen molar-refractivity contribution in [3.8, 4) is 0 Å². The zero-order chi connectivity index (χ0) is 22.1. The van der Waals surface area contributed by atoms with Gasteiger partial charge in [0.25, 0.3) is 0 Å². The highest BCUT2D eigenvalue weighted by atomic mass is 32.1. The van der Waals surface area contributed by atoms with E-state index in [-0.39, 0.29) is 11.9 Å². The Morgan fingerprint density at radius 3 is 2.94 bits per heavy atom. The molecule has 1 aromatic carbocycles. The maximum Gasteiger partial charge on any atom is 0.243 e. The van der Waals surface area contributed by atoms with Crippen LogP contribution in [0.25, 0.3) is 11.0 Å². The van der Waals surface area contributed by atoms with E-state index >= 15 is 0 Å². The standard InChI is InChI=1S/C24H26N6OS/c1-3-22-28-18-7-4-5-8-20(18)30(22)15-23(31)29-11-6-9-21(29)19-14-17(13-16(2)26-19)27-24-25-10-12-32-24/h4-5,7-8,10,12-14,21H,3,6,9,11,15H2,1-2H3,(H,25,26,27)/t21-/m1/s1. The third-order valence-corrected chi connectivity index (χ3v) is 6.60. The number of aryl methyl sites for hydroxylation is 2. The summed E-state index contributed by atoms with van der Waals surface area (Å²) in [6, 6.07) is 12.1. The molecule has 1 atom stereocenters. The number of fused-ring (bicyclic) bond motifs is 1. The Hall–Kier alpha value is -3.26. The molecule has 0 bridgehead atoms. The fourth-order valence-corrected chi connectivity index (χ4v) is 5.07. The van der Waals surface area contributed by atoms with Gasteiger partial charge in [0.05, 0.1) is 22.8 Å². The first-order chi connectivity index (χ1) is 15.6. The summed E-state index contributed by atoms with van der Waals surface area (Å²) in [7, 11) is 0. The number of benzene rings is 1. The van der Waals surface area contributed by atoms with Crippen LogP contribution in [-0.4, -0.2) is 36.9 Å². The predicted octanol–water partition coefficient (Wildman–Crippen LogP) is 4.87. The van der Waals surface area contributed by atoms with Crippen LogP contribution in [0.1, 0.15) is 43.0 Å². The number of hydrogen-bond acceptors (Lipinski definition) is 6. The molecule has 1 amide bonds. The zero-order valence-electron chi connectivity index (χ0n) is 18.3. The van der Waals surface area contributed by atoms with Crippen LogP contribution < -0.4 is 5.32 Å². The molecule has 0 saturated carbocycles. The molecule has 5 rings (SSSR count). The minimum Gasteiger partial charge on any atom is -0.333 e. The minimum atomic E-state index is -0.0147. The smallest absolute Gasteiger partial charge is 0.243 e. The lowest BCUT2D eigenvalue weighted by molar-refractivity contribution is -0.132. The number of amides is 1. The summed E-state index contributed by atoms with van der Waals surface area (Å²) < 4.78 is 2.06. The summed E-state index contributed by atoms with van der Waals surface area (Å²) in [5, 5.41) is 6.15. The van der Waals surface area contributed by atoms with Gasteiger partial charge in [0.2, 0.25) is 5.91 Å². The molecule has 0 radical (unpaired) electrons. The number of carbonyl (C=O) groups is 1. The highest BCUT2D eigenvalue weighted by molar-refractivity contribution is 7.13. The van der Waals surface area contributed by atoms with Crippen LogP contribution in [0.2, 0.25) is 0 Å². The number of carbonyl (C=O) groups excluding carboxylic acids is 1. The van der Waals surface area contributed by atoms with Crippen LogP contribution in [0.5, 0.6) is 0 Å². The third kappa shape index (κ3) is 3.98. The van der Waals surface area contributed by atoms with E-state index in [0.717, 1.165) is 64.9 Å². The second kappa shape index (κ2) is 8.70. The SMILES string of the molecule is CCc1nc2ccccc2n1CC(=O)N1CCC[C@@H]1c1cc(Nc2nccs2)cc(C)n1. The van der Waals surface area contributed by atoms with E-state index in [2.05, 4.69) is 27.9 Å². The molecule has 1 aliphatic rings. The average Bonchev–Trinajstić information content (AvgIpc) is 3.53. The largest absolute Gasteiger partial charge is 0.333 e. The monoisotopic (exact) mass is 446 g/mol. The van der Waals surface area contributed by atoms with Crippen LogP contribution in [0.15, 0.2) is 48.0 Å². The molecule has 0 aliphatic carbocycles. The zero-order valence-corrected chi connectivity index (χ0v) is 19.1. The quantitative estimate of drug-likeness (QED) is 0.457. The van der Waals surface area contributed by atoms with E-state index in [9.17, 15) is 4.79 Å². The third-order valence-electron chi connectivity index (χ3n) is 5.91. The van der Waals surface area contributed by atoms with Crippen molar-refractivity contribution in [1.29, 1.82) is 0 Å². The van der Waals surface area contributed by atoms with Gasteiger partial charge in [-0.1, -0.05) is 19.1 Å². The summed E-state index contributed by atoms with van der Waals surface area (Å²) in [5.41, 5.74) is 4.76. The van der Waals surface area contributed by atoms with Gasteiger partial charge in [-0.25, -0.2) is 9.97 Å². The molecule has 164 valence electrons. The van der Waals surface area contributed by atoms with Crippen LogP contribution in [0.3, 0.4) is 0 Å². The van der Waals surface area contributed by atoms with Gasteiger partial charge < -0.3 is 14.8 Å². The van der Waals surface area contributed by atoms with Crippen LogP contribution in [-0.2, 0) is 17.8 Å². The van der Waals surface area contributed by atoms with Gasteiger partial charge in [0, 0.05) is 35.9 Å². The second-order valence-corrected chi connectivity index (χ2v) is 8.98. The first kappa shape index (κ1) is 20.6. The van der Waals surface area contributed by atoms with E-state index in [4.69, 9.17) is 9.97 Å². The van der Waals surface area contributed by atoms with Crippen LogP contribution >= 0.6 is 11.3 Å². The molecule has 7 nitrogen and oxygen atoms in total. The molecule has 0 unspecified atom stereocenters. The number of pyridine rings is 1. The lowest BCUT2D eigenvalue weighted by Gasteiger charge is -2.25. The number of aromatic nitrogens is 4. The maximum absolute atomic E-state index is 13.5. The highest BCUT2D eigenvalue weighted by Gasteiger charge is 2.32. The van der Waals surface area contributed by atoms with Crippen molar-refractivity contribution in [3.05, 3.63) is 65.2 Å². The van der Waals surface area contributed by atoms with Crippen molar-refractivity contribution < 1.29 is 4.79 Å². The van der Waals surface area contributed by atoms with Crippen molar-refractivity contribution in [2.45, 2.75) is 45.7 Å². The van der Waals surface area contributed by atoms with Crippen molar-refractivity contribution in [3.63, 3.8) is 0 Å². The topological polar surface area (TPSA) is 75.9 Å². The maximum atomic E-state index is 13.5. The first-order valence-electron chi connectivity index (χ1n) is 11.0. The molecular weight excluding hydrogens is 420 g/mol. The molecule has 0 spiro atoms. The molecule has 4 heterocycles. The van der Waals surface area contributed by atoms with Gasteiger partial charge in [-0.3, -0.25) is 9.78 Å². The number of nitrogens with one attached hydrogen (secondary N) is 1. The lowest BCUT2D eigenvalue weighted by Crippen LogP contribution is -2.34. The van der Waals surface area contributed by atoms with Crippen LogP contribution in [0, 0.1) is 6.92 Å². The number of imidazole rings is 1. The normalized spacial score (nSPS) is 16.1. The minimum absolute atomic E-state index is 0.0147. The average molecular weight is 447 g/mol. The van der Waals surface area contributed by atoms with Gasteiger partial charge in [0.1, 0.15) is 12.4 Å². The molecule has 4 aromatic rings. The predicted molar refractivity (Wildman–Crippen MR) is 127 cm³/mol. The van der Waals surface area contributed by atoms with E-state index in [1.165, 1.54) is 0 Å².